The molecule has 0 unspecified atom stereocenters. The summed E-state index contributed by atoms with van der Waals surface area (Å²) in [5.41, 5.74) is -0.735. The number of rotatable bonds is 1. The number of aromatic nitrogens is 4. The molecule has 0 saturated heterocycles. The van der Waals surface area contributed by atoms with Gasteiger partial charge in [-0.15, -0.1) is 0 Å². The molecule has 0 radical (unpaired) electrons. The van der Waals surface area contributed by atoms with Crippen molar-refractivity contribution in [3.63, 3.8) is 0 Å². The van der Waals surface area contributed by atoms with Crippen molar-refractivity contribution in [1.29, 1.82) is 0 Å². The van der Waals surface area contributed by atoms with Crippen LogP contribution < -0.4 is 0 Å². The molecule has 8 heteroatoms. The zero-order valence-electron chi connectivity index (χ0n) is 10.3. The molecule has 1 aliphatic carbocycles. The fraction of sp³-hybridized carbons (Fsp3) is 0.333. The summed E-state index contributed by atoms with van der Waals surface area (Å²) in [5.74, 6) is 0.553. The zero-order valence-corrected chi connectivity index (χ0v) is 15.6. The van der Waals surface area contributed by atoms with Gasteiger partial charge >= 0.3 is 0 Å². The molecule has 0 amide bonds. The van der Waals surface area contributed by atoms with Gasteiger partial charge in [0.05, 0.1) is 8.95 Å². The number of hydrogen-bond donors (Lipinski definition) is 1. The first kappa shape index (κ1) is 16.2. The lowest BCUT2D eigenvalue weighted by molar-refractivity contribution is -0.0467. The van der Waals surface area contributed by atoms with Gasteiger partial charge < -0.3 is 5.11 Å². The van der Waals surface area contributed by atoms with Crippen molar-refractivity contribution in [1.82, 2.24) is 19.9 Å². The Balaban J connectivity index is 0.000000160. The summed E-state index contributed by atoms with van der Waals surface area (Å²) in [5, 5.41) is 9.83. The second kappa shape index (κ2) is 7.19. The van der Waals surface area contributed by atoms with E-state index in [9.17, 15) is 5.11 Å². The van der Waals surface area contributed by atoms with Gasteiger partial charge in [-0.1, -0.05) is 0 Å². The SMILES string of the molecule is Brc1cnc(I)nc1.OC1(c2ncc(Br)cn2)CCC1. The van der Waals surface area contributed by atoms with E-state index in [1.165, 1.54) is 0 Å². The molecule has 0 bridgehead atoms. The zero-order chi connectivity index (χ0) is 14.6. The highest BCUT2D eigenvalue weighted by Crippen LogP contribution is 2.38. The molecule has 1 N–H and O–H groups in total. The van der Waals surface area contributed by atoms with Gasteiger partial charge in [0.25, 0.3) is 0 Å². The molecule has 106 valence electrons. The van der Waals surface area contributed by atoms with Gasteiger partial charge in [-0.05, 0) is 51.1 Å². The van der Waals surface area contributed by atoms with E-state index in [0.717, 1.165) is 32.0 Å². The lowest BCUT2D eigenvalue weighted by Crippen LogP contribution is -2.35. The van der Waals surface area contributed by atoms with E-state index in [-0.39, 0.29) is 0 Å². The van der Waals surface area contributed by atoms with Crippen LogP contribution in [0.25, 0.3) is 0 Å². The Bertz CT molecular complexity index is 540. The minimum Gasteiger partial charge on any atom is -0.382 e. The highest BCUT2D eigenvalue weighted by Gasteiger charge is 2.38. The smallest absolute Gasteiger partial charge is 0.190 e. The summed E-state index contributed by atoms with van der Waals surface area (Å²) in [7, 11) is 0. The van der Waals surface area contributed by atoms with Crippen molar-refractivity contribution in [3.8, 4) is 0 Å². The van der Waals surface area contributed by atoms with Crippen LogP contribution in [0.1, 0.15) is 25.1 Å². The van der Waals surface area contributed by atoms with E-state index in [4.69, 9.17) is 0 Å². The minimum absolute atomic E-state index is 0.553. The van der Waals surface area contributed by atoms with Crippen LogP contribution in [0.3, 0.4) is 0 Å². The van der Waals surface area contributed by atoms with Crippen LogP contribution in [0, 0.1) is 3.83 Å². The van der Waals surface area contributed by atoms with Crippen molar-refractivity contribution in [2.24, 2.45) is 0 Å². The molecule has 1 saturated carbocycles. The second-order valence-electron chi connectivity index (χ2n) is 4.28. The highest BCUT2D eigenvalue weighted by molar-refractivity contribution is 14.1. The molecule has 0 aromatic carbocycles. The van der Waals surface area contributed by atoms with E-state index in [2.05, 4.69) is 74.4 Å². The van der Waals surface area contributed by atoms with E-state index >= 15 is 0 Å². The highest BCUT2D eigenvalue weighted by atomic mass is 127. The molecular formula is C12H11Br2IN4O. The molecule has 2 heterocycles. The molecule has 1 aliphatic rings. The first-order chi connectivity index (χ1) is 9.49. The Morgan fingerprint density at radius 3 is 1.75 bits per heavy atom. The molecular weight excluding hydrogens is 503 g/mol. The van der Waals surface area contributed by atoms with Gasteiger partial charge in [0.1, 0.15) is 5.60 Å². The average Bonchev–Trinajstić information content (AvgIpc) is 2.41. The Kier molecular flexibility index (Phi) is 5.82. The third-order valence-corrected chi connectivity index (χ3v) is 4.18. The predicted octanol–water partition coefficient (Wildman–Crippen LogP) is 3.45. The predicted molar refractivity (Wildman–Crippen MR) is 89.9 cm³/mol. The maximum Gasteiger partial charge on any atom is 0.190 e. The van der Waals surface area contributed by atoms with Gasteiger partial charge in [0.2, 0.25) is 0 Å². The fourth-order valence-electron chi connectivity index (χ4n) is 1.58. The largest absolute Gasteiger partial charge is 0.382 e. The Labute approximate surface area is 147 Å². The van der Waals surface area contributed by atoms with Crippen molar-refractivity contribution in [2.45, 2.75) is 24.9 Å². The monoisotopic (exact) mass is 512 g/mol. The molecule has 2 aromatic rings. The van der Waals surface area contributed by atoms with Crippen LogP contribution >= 0.6 is 54.5 Å². The van der Waals surface area contributed by atoms with Gasteiger partial charge in [0.15, 0.2) is 9.66 Å². The van der Waals surface area contributed by atoms with Crippen LogP contribution in [0.15, 0.2) is 33.7 Å². The summed E-state index contributed by atoms with van der Waals surface area (Å²) in [6, 6.07) is 0. The average molecular weight is 514 g/mol. The van der Waals surface area contributed by atoms with E-state index in [1.807, 2.05) is 0 Å². The Morgan fingerprint density at radius 2 is 1.40 bits per heavy atom. The quantitative estimate of drug-likeness (QED) is 0.467. The first-order valence-electron chi connectivity index (χ1n) is 5.83. The van der Waals surface area contributed by atoms with Crippen LogP contribution in [0.5, 0.6) is 0 Å². The molecule has 1 fully saturated rings. The molecule has 2 aromatic heterocycles. The van der Waals surface area contributed by atoms with E-state index in [1.54, 1.807) is 24.8 Å². The Hall–Kier alpha value is -0.190. The van der Waals surface area contributed by atoms with Crippen LogP contribution in [-0.4, -0.2) is 25.0 Å². The summed E-state index contributed by atoms with van der Waals surface area (Å²) in [6.07, 6.45) is 9.40. The number of aliphatic hydroxyl groups is 1. The molecule has 5 nitrogen and oxygen atoms in total. The van der Waals surface area contributed by atoms with Gasteiger partial charge in [-0.2, -0.15) is 0 Å². The maximum atomic E-state index is 9.83. The summed E-state index contributed by atoms with van der Waals surface area (Å²) < 4.78 is 2.53. The van der Waals surface area contributed by atoms with Crippen LogP contribution in [-0.2, 0) is 5.60 Å². The first-order valence-corrected chi connectivity index (χ1v) is 8.49. The molecule has 20 heavy (non-hydrogen) atoms. The summed E-state index contributed by atoms with van der Waals surface area (Å²) in [4.78, 5) is 15.9. The standard InChI is InChI=1S/C8H9BrN2O.C4H2BrIN2/c9-6-4-10-7(11-5-6)8(12)2-1-3-8;5-3-1-7-4(6)8-2-3/h4-5,12H,1-3H2;1-2H. The summed E-state index contributed by atoms with van der Waals surface area (Å²) >= 11 is 8.52. The lowest BCUT2D eigenvalue weighted by atomic mass is 9.79. The Morgan fingerprint density at radius 1 is 0.950 bits per heavy atom. The van der Waals surface area contributed by atoms with Crippen molar-refractivity contribution < 1.29 is 5.11 Å². The van der Waals surface area contributed by atoms with E-state index < -0.39 is 5.60 Å². The van der Waals surface area contributed by atoms with Gasteiger partial charge in [-0.25, -0.2) is 19.9 Å². The third kappa shape index (κ3) is 4.40. The van der Waals surface area contributed by atoms with Gasteiger partial charge in [-0.3, -0.25) is 0 Å². The van der Waals surface area contributed by atoms with Crippen molar-refractivity contribution in [2.75, 3.05) is 0 Å². The molecule has 0 atom stereocenters. The van der Waals surface area contributed by atoms with E-state index in [0.29, 0.717) is 5.82 Å². The van der Waals surface area contributed by atoms with Crippen molar-refractivity contribution in [3.05, 3.63) is 43.4 Å². The molecule has 0 aliphatic heterocycles. The van der Waals surface area contributed by atoms with Crippen LogP contribution in [0.4, 0.5) is 0 Å². The number of hydrogen-bond acceptors (Lipinski definition) is 5. The third-order valence-electron chi connectivity index (χ3n) is 2.81. The molecule has 0 spiro atoms. The van der Waals surface area contributed by atoms with Crippen molar-refractivity contribution >= 4 is 54.5 Å². The number of nitrogens with zero attached hydrogens (tertiary/aromatic N) is 4. The number of halogens is 3. The topological polar surface area (TPSA) is 71.8 Å². The van der Waals surface area contributed by atoms with Gasteiger partial charge in [0, 0.05) is 47.4 Å². The summed E-state index contributed by atoms with van der Waals surface area (Å²) in [6.45, 7) is 0. The molecule has 3 rings (SSSR count). The van der Waals surface area contributed by atoms with Crippen LogP contribution in [0.2, 0.25) is 0 Å². The lowest BCUT2D eigenvalue weighted by Gasteiger charge is -2.34. The second-order valence-corrected chi connectivity index (χ2v) is 7.08. The minimum atomic E-state index is -0.735. The maximum absolute atomic E-state index is 9.83. The normalized spacial score (nSPS) is 15.8. The fourth-order valence-corrected chi connectivity index (χ4v) is 2.27.